The van der Waals surface area contributed by atoms with Gasteiger partial charge in [-0.25, -0.2) is 17.5 Å². The van der Waals surface area contributed by atoms with E-state index in [2.05, 4.69) is 15.0 Å². The second-order valence-electron chi connectivity index (χ2n) is 3.93. The van der Waals surface area contributed by atoms with Crippen molar-refractivity contribution in [3.8, 4) is 0 Å². The molecule has 5 nitrogen and oxygen atoms in total. The molecule has 2 N–H and O–H groups in total. The van der Waals surface area contributed by atoms with Crippen LogP contribution in [0.5, 0.6) is 0 Å². The lowest BCUT2D eigenvalue weighted by atomic mass is 10.1. The molecule has 18 heavy (non-hydrogen) atoms. The van der Waals surface area contributed by atoms with E-state index in [-0.39, 0.29) is 11.8 Å². The van der Waals surface area contributed by atoms with E-state index in [1.807, 2.05) is 6.92 Å². The van der Waals surface area contributed by atoms with Crippen molar-refractivity contribution in [1.82, 2.24) is 15.0 Å². The van der Waals surface area contributed by atoms with Gasteiger partial charge < -0.3 is 5.32 Å². The molecule has 1 rings (SSSR count). The predicted octanol–water partition coefficient (Wildman–Crippen LogP) is 0.811. The molecular formula is C11H18FN3O2S. The lowest BCUT2D eigenvalue weighted by Gasteiger charge is -2.14. The Morgan fingerprint density at radius 3 is 2.78 bits per heavy atom. The molecule has 102 valence electrons. The monoisotopic (exact) mass is 275 g/mol. The fourth-order valence-corrected chi connectivity index (χ4v) is 2.46. The molecule has 0 aromatic carbocycles. The lowest BCUT2D eigenvalue weighted by molar-refractivity contribution is 0.558. The Balaban J connectivity index is 2.45. The van der Waals surface area contributed by atoms with Crippen molar-refractivity contribution in [2.24, 2.45) is 0 Å². The summed E-state index contributed by atoms with van der Waals surface area (Å²) in [4.78, 5) is 3.75. The van der Waals surface area contributed by atoms with Crippen LogP contribution >= 0.6 is 0 Å². The van der Waals surface area contributed by atoms with Crippen molar-refractivity contribution in [3.63, 3.8) is 0 Å². The summed E-state index contributed by atoms with van der Waals surface area (Å²) in [7, 11) is -3.22. The molecule has 0 aliphatic heterocycles. The van der Waals surface area contributed by atoms with E-state index in [0.717, 1.165) is 6.20 Å². The molecule has 0 radical (unpaired) electrons. The van der Waals surface area contributed by atoms with Crippen LogP contribution in [0.15, 0.2) is 18.5 Å². The summed E-state index contributed by atoms with van der Waals surface area (Å²) in [5.74, 6) is -0.407. The van der Waals surface area contributed by atoms with Crippen LogP contribution in [0, 0.1) is 5.82 Å². The number of hydrogen-bond donors (Lipinski definition) is 2. The smallest absolute Gasteiger partial charge is 0.212 e. The van der Waals surface area contributed by atoms with Crippen molar-refractivity contribution in [3.05, 3.63) is 29.8 Å². The number of hydrogen-bond acceptors (Lipinski definition) is 4. The minimum absolute atomic E-state index is 0.00603. The van der Waals surface area contributed by atoms with Gasteiger partial charge in [0.05, 0.1) is 11.9 Å². The predicted molar refractivity (Wildman–Crippen MR) is 68.1 cm³/mol. The number of pyridine rings is 1. The van der Waals surface area contributed by atoms with E-state index < -0.39 is 15.8 Å². The second-order valence-corrected chi connectivity index (χ2v) is 5.86. The molecule has 0 fully saturated rings. The van der Waals surface area contributed by atoms with Gasteiger partial charge in [-0.3, -0.25) is 4.98 Å². The third-order valence-electron chi connectivity index (χ3n) is 2.41. The molecule has 0 spiro atoms. The first kappa shape index (κ1) is 15.0. The van der Waals surface area contributed by atoms with E-state index >= 15 is 0 Å². The fourth-order valence-electron chi connectivity index (χ4n) is 1.48. The number of rotatable bonds is 7. The Kier molecular flexibility index (Phi) is 5.64. The summed E-state index contributed by atoms with van der Waals surface area (Å²) in [5, 5.41) is 3.01. The average Bonchev–Trinajstić information content (AvgIpc) is 2.28. The van der Waals surface area contributed by atoms with Gasteiger partial charge in [0, 0.05) is 25.3 Å². The lowest BCUT2D eigenvalue weighted by Crippen LogP contribution is -2.32. The Labute approximate surface area is 107 Å². The molecule has 1 heterocycles. The highest BCUT2D eigenvalue weighted by Crippen LogP contribution is 2.11. The van der Waals surface area contributed by atoms with Crippen LogP contribution in [0.2, 0.25) is 0 Å². The Bertz CT molecular complexity index is 479. The van der Waals surface area contributed by atoms with Crippen LogP contribution < -0.4 is 10.0 Å². The van der Waals surface area contributed by atoms with Crippen molar-refractivity contribution in [1.29, 1.82) is 0 Å². The SMILES string of the molecule is CCNS(=O)(=O)CCNC(C)c1cncc(F)c1. The van der Waals surface area contributed by atoms with Crippen LogP contribution in [0.4, 0.5) is 4.39 Å². The summed E-state index contributed by atoms with van der Waals surface area (Å²) in [6, 6.07) is 1.23. The highest BCUT2D eigenvalue weighted by atomic mass is 32.2. The first-order valence-corrected chi connectivity index (χ1v) is 7.41. The fraction of sp³-hybridized carbons (Fsp3) is 0.545. The van der Waals surface area contributed by atoms with Crippen molar-refractivity contribution < 1.29 is 12.8 Å². The molecule has 1 atom stereocenters. The van der Waals surface area contributed by atoms with E-state index in [0.29, 0.717) is 18.7 Å². The van der Waals surface area contributed by atoms with Crippen molar-refractivity contribution >= 4 is 10.0 Å². The molecule has 1 unspecified atom stereocenters. The summed E-state index contributed by atoms with van der Waals surface area (Å²) >= 11 is 0. The minimum atomic E-state index is -3.22. The maximum atomic E-state index is 12.9. The number of halogens is 1. The molecule has 0 bridgehead atoms. The summed E-state index contributed by atoms with van der Waals surface area (Å²) in [6.45, 7) is 4.24. The van der Waals surface area contributed by atoms with Crippen molar-refractivity contribution in [2.75, 3.05) is 18.8 Å². The molecule has 0 amide bonds. The van der Waals surface area contributed by atoms with Gasteiger partial charge in [-0.05, 0) is 18.6 Å². The zero-order valence-electron chi connectivity index (χ0n) is 10.5. The van der Waals surface area contributed by atoms with E-state index in [9.17, 15) is 12.8 Å². The van der Waals surface area contributed by atoms with Gasteiger partial charge in [0.25, 0.3) is 0 Å². The van der Waals surface area contributed by atoms with Gasteiger partial charge in [0.1, 0.15) is 5.82 Å². The van der Waals surface area contributed by atoms with E-state index in [1.54, 1.807) is 13.1 Å². The van der Waals surface area contributed by atoms with Crippen LogP contribution in [0.1, 0.15) is 25.5 Å². The van der Waals surface area contributed by atoms with Crippen LogP contribution in [0.25, 0.3) is 0 Å². The normalized spacial score (nSPS) is 13.5. The maximum Gasteiger partial charge on any atom is 0.212 e. The van der Waals surface area contributed by atoms with Gasteiger partial charge in [-0.1, -0.05) is 6.92 Å². The van der Waals surface area contributed by atoms with E-state index in [4.69, 9.17) is 0 Å². The van der Waals surface area contributed by atoms with Gasteiger partial charge in [-0.15, -0.1) is 0 Å². The third-order valence-corrected chi connectivity index (χ3v) is 3.88. The quantitative estimate of drug-likeness (QED) is 0.772. The van der Waals surface area contributed by atoms with Gasteiger partial charge in [0.15, 0.2) is 0 Å². The first-order valence-electron chi connectivity index (χ1n) is 5.76. The highest BCUT2D eigenvalue weighted by molar-refractivity contribution is 7.89. The molecule has 0 saturated carbocycles. The van der Waals surface area contributed by atoms with E-state index in [1.165, 1.54) is 6.07 Å². The summed E-state index contributed by atoms with van der Waals surface area (Å²) in [5.41, 5.74) is 0.691. The van der Waals surface area contributed by atoms with Gasteiger partial charge in [0.2, 0.25) is 10.0 Å². The topological polar surface area (TPSA) is 71.1 Å². The minimum Gasteiger partial charge on any atom is -0.309 e. The standard InChI is InChI=1S/C11H18FN3O2S/c1-3-15-18(16,17)5-4-14-9(2)10-6-11(12)8-13-7-10/h6-9,14-15H,3-5H2,1-2H3. The molecule has 0 aliphatic rings. The number of sulfonamides is 1. The molecule has 0 saturated heterocycles. The third kappa shape index (κ3) is 5.07. The second kappa shape index (κ2) is 6.77. The largest absolute Gasteiger partial charge is 0.309 e. The van der Waals surface area contributed by atoms with Crippen molar-refractivity contribution in [2.45, 2.75) is 19.9 Å². The first-order chi connectivity index (χ1) is 8.44. The Morgan fingerprint density at radius 2 is 2.17 bits per heavy atom. The van der Waals surface area contributed by atoms with Gasteiger partial charge >= 0.3 is 0 Å². The van der Waals surface area contributed by atoms with Gasteiger partial charge in [-0.2, -0.15) is 0 Å². The maximum absolute atomic E-state index is 12.9. The zero-order chi connectivity index (χ0) is 13.6. The molecule has 7 heteroatoms. The van der Waals surface area contributed by atoms with Crippen LogP contribution in [-0.2, 0) is 10.0 Å². The zero-order valence-corrected chi connectivity index (χ0v) is 11.3. The number of nitrogens with zero attached hydrogens (tertiary/aromatic N) is 1. The summed E-state index contributed by atoms with van der Waals surface area (Å²) < 4.78 is 38.1. The Morgan fingerprint density at radius 1 is 1.44 bits per heavy atom. The molecule has 1 aromatic heterocycles. The van der Waals surface area contributed by atoms with Crippen LogP contribution in [-0.4, -0.2) is 32.2 Å². The summed E-state index contributed by atoms with van der Waals surface area (Å²) in [6.07, 6.45) is 2.69. The molecule has 1 aromatic rings. The van der Waals surface area contributed by atoms with Crippen LogP contribution in [0.3, 0.4) is 0 Å². The highest BCUT2D eigenvalue weighted by Gasteiger charge is 2.10. The number of aromatic nitrogens is 1. The Hall–Kier alpha value is -1.05. The molecule has 0 aliphatic carbocycles. The number of nitrogens with one attached hydrogen (secondary N) is 2. The molecular weight excluding hydrogens is 257 g/mol. The average molecular weight is 275 g/mol.